The lowest BCUT2D eigenvalue weighted by molar-refractivity contribution is 0.0702. The van der Waals surface area contributed by atoms with Gasteiger partial charge in [0.1, 0.15) is 17.2 Å². The van der Waals surface area contributed by atoms with Gasteiger partial charge in [0.15, 0.2) is 0 Å². The lowest BCUT2D eigenvalue weighted by Gasteiger charge is -2.11. The zero-order valence-corrected chi connectivity index (χ0v) is 12.0. The van der Waals surface area contributed by atoms with Crippen molar-refractivity contribution in [3.8, 4) is 5.75 Å². The van der Waals surface area contributed by atoms with Crippen LogP contribution >= 0.6 is 11.3 Å². The fourth-order valence-corrected chi connectivity index (χ4v) is 2.63. The first-order valence-electron chi connectivity index (χ1n) is 6.00. The zero-order chi connectivity index (χ0) is 14.0. The first-order chi connectivity index (χ1) is 8.97. The van der Waals surface area contributed by atoms with E-state index < -0.39 is 5.97 Å². The van der Waals surface area contributed by atoms with Crippen molar-refractivity contribution < 1.29 is 14.6 Å². The van der Waals surface area contributed by atoms with Crippen LogP contribution in [0.2, 0.25) is 0 Å². The Hall–Kier alpha value is -1.81. The molecule has 19 heavy (non-hydrogen) atoms. The van der Waals surface area contributed by atoms with E-state index in [0.29, 0.717) is 11.5 Å². The number of hydrogen-bond acceptors (Lipinski definition) is 3. The number of carboxylic acids is 1. The minimum atomic E-state index is -0.890. The molecule has 0 atom stereocenters. The summed E-state index contributed by atoms with van der Waals surface area (Å²) in [5.41, 5.74) is 3.49. The first kappa shape index (κ1) is 13.6. The van der Waals surface area contributed by atoms with Crippen molar-refractivity contribution in [3.63, 3.8) is 0 Å². The summed E-state index contributed by atoms with van der Waals surface area (Å²) in [5, 5.41) is 8.87. The summed E-state index contributed by atoms with van der Waals surface area (Å²) < 4.78 is 5.80. The standard InChI is InChI=1S/C15H16O3S/c1-9-6-10(2)11(3)13(7-9)18-8-12-4-5-14(19-12)15(16)17/h4-7H,8H2,1-3H3,(H,16,17). The number of thiophene rings is 1. The van der Waals surface area contributed by atoms with Crippen LogP contribution in [0.25, 0.3) is 0 Å². The normalized spacial score (nSPS) is 10.5. The third kappa shape index (κ3) is 3.15. The van der Waals surface area contributed by atoms with Crippen molar-refractivity contribution in [2.24, 2.45) is 0 Å². The van der Waals surface area contributed by atoms with Gasteiger partial charge in [0.25, 0.3) is 0 Å². The lowest BCUT2D eigenvalue weighted by atomic mass is 10.1. The van der Waals surface area contributed by atoms with Crippen LogP contribution in [-0.4, -0.2) is 11.1 Å². The van der Waals surface area contributed by atoms with Crippen molar-refractivity contribution in [2.75, 3.05) is 0 Å². The minimum Gasteiger partial charge on any atom is -0.488 e. The van der Waals surface area contributed by atoms with Crippen LogP contribution in [0.3, 0.4) is 0 Å². The molecular formula is C15H16O3S. The molecule has 0 spiro atoms. The highest BCUT2D eigenvalue weighted by Gasteiger charge is 2.09. The van der Waals surface area contributed by atoms with Crippen LogP contribution in [0.1, 0.15) is 31.2 Å². The highest BCUT2D eigenvalue weighted by Crippen LogP contribution is 2.25. The SMILES string of the molecule is Cc1cc(C)c(C)c(OCc2ccc(C(=O)O)s2)c1. The molecule has 100 valence electrons. The number of aryl methyl sites for hydroxylation is 2. The second-order valence-corrected chi connectivity index (χ2v) is 5.73. The molecule has 0 unspecified atom stereocenters. The lowest BCUT2D eigenvalue weighted by Crippen LogP contribution is -1.97. The Balaban J connectivity index is 2.12. The first-order valence-corrected chi connectivity index (χ1v) is 6.81. The predicted octanol–water partition coefficient (Wildman–Crippen LogP) is 3.95. The van der Waals surface area contributed by atoms with E-state index in [1.54, 1.807) is 12.1 Å². The molecule has 4 heteroatoms. The molecule has 0 saturated carbocycles. The van der Waals surface area contributed by atoms with Crippen LogP contribution in [0.15, 0.2) is 24.3 Å². The molecule has 1 aromatic carbocycles. The summed E-state index contributed by atoms with van der Waals surface area (Å²) in [6.07, 6.45) is 0. The Bertz CT molecular complexity index is 614. The molecule has 0 aliphatic heterocycles. The molecule has 1 N–H and O–H groups in total. The van der Waals surface area contributed by atoms with E-state index in [1.807, 2.05) is 19.9 Å². The van der Waals surface area contributed by atoms with Crippen molar-refractivity contribution >= 4 is 17.3 Å². The second-order valence-electron chi connectivity index (χ2n) is 4.56. The largest absolute Gasteiger partial charge is 0.488 e. The molecule has 0 amide bonds. The molecule has 0 fully saturated rings. The molecule has 1 aromatic heterocycles. The molecule has 2 rings (SSSR count). The van der Waals surface area contributed by atoms with E-state index in [1.165, 1.54) is 16.9 Å². The number of hydrogen-bond donors (Lipinski definition) is 1. The smallest absolute Gasteiger partial charge is 0.345 e. The number of aromatic carboxylic acids is 1. The van der Waals surface area contributed by atoms with Gasteiger partial charge in [-0.1, -0.05) is 6.07 Å². The molecule has 1 heterocycles. The van der Waals surface area contributed by atoms with Gasteiger partial charge in [-0.25, -0.2) is 4.79 Å². The van der Waals surface area contributed by atoms with Gasteiger partial charge in [0, 0.05) is 4.88 Å². The monoisotopic (exact) mass is 276 g/mol. The Morgan fingerprint density at radius 3 is 2.63 bits per heavy atom. The van der Waals surface area contributed by atoms with Crippen molar-refractivity contribution in [3.05, 3.63) is 50.7 Å². The van der Waals surface area contributed by atoms with Crippen LogP contribution < -0.4 is 4.74 Å². The summed E-state index contributed by atoms with van der Waals surface area (Å²) in [7, 11) is 0. The van der Waals surface area contributed by atoms with Crippen molar-refractivity contribution in [2.45, 2.75) is 27.4 Å². The number of benzene rings is 1. The van der Waals surface area contributed by atoms with E-state index in [2.05, 4.69) is 13.0 Å². The van der Waals surface area contributed by atoms with Crippen molar-refractivity contribution in [1.82, 2.24) is 0 Å². The summed E-state index contributed by atoms with van der Waals surface area (Å²) >= 11 is 1.25. The highest BCUT2D eigenvalue weighted by atomic mass is 32.1. The predicted molar refractivity (Wildman–Crippen MR) is 76.3 cm³/mol. The van der Waals surface area contributed by atoms with E-state index in [9.17, 15) is 4.79 Å². The molecule has 0 saturated heterocycles. The fourth-order valence-electron chi connectivity index (χ4n) is 1.87. The average molecular weight is 276 g/mol. The van der Waals surface area contributed by atoms with Crippen molar-refractivity contribution in [1.29, 1.82) is 0 Å². The Labute approximate surface area is 116 Å². The van der Waals surface area contributed by atoms with Gasteiger partial charge in [-0.3, -0.25) is 0 Å². The second kappa shape index (κ2) is 5.45. The van der Waals surface area contributed by atoms with Gasteiger partial charge in [-0.2, -0.15) is 0 Å². The van der Waals surface area contributed by atoms with Gasteiger partial charge in [0.05, 0.1) is 0 Å². The highest BCUT2D eigenvalue weighted by molar-refractivity contribution is 7.13. The molecule has 2 aromatic rings. The molecule has 3 nitrogen and oxygen atoms in total. The molecule has 0 bridgehead atoms. The third-order valence-electron chi connectivity index (χ3n) is 3.01. The summed E-state index contributed by atoms with van der Waals surface area (Å²) in [6.45, 7) is 6.53. The van der Waals surface area contributed by atoms with Crippen LogP contribution in [-0.2, 0) is 6.61 Å². The van der Waals surface area contributed by atoms with Crippen LogP contribution in [0.4, 0.5) is 0 Å². The maximum absolute atomic E-state index is 10.8. The maximum atomic E-state index is 10.8. The van der Waals surface area contributed by atoms with Gasteiger partial charge >= 0.3 is 5.97 Å². The van der Waals surface area contributed by atoms with Gasteiger partial charge in [-0.05, 0) is 55.7 Å². The van der Waals surface area contributed by atoms with E-state index in [4.69, 9.17) is 9.84 Å². The number of ether oxygens (including phenoxy) is 1. The Morgan fingerprint density at radius 1 is 1.26 bits per heavy atom. The topological polar surface area (TPSA) is 46.5 Å². The molecule has 0 aliphatic rings. The van der Waals surface area contributed by atoms with E-state index in [0.717, 1.165) is 21.8 Å². The number of carbonyl (C=O) groups is 1. The van der Waals surface area contributed by atoms with Crippen LogP contribution in [0.5, 0.6) is 5.75 Å². The Morgan fingerprint density at radius 2 is 2.00 bits per heavy atom. The van der Waals surface area contributed by atoms with E-state index in [-0.39, 0.29) is 0 Å². The zero-order valence-electron chi connectivity index (χ0n) is 11.2. The maximum Gasteiger partial charge on any atom is 0.345 e. The Kier molecular flexibility index (Phi) is 3.90. The summed E-state index contributed by atoms with van der Waals surface area (Å²) in [5.74, 6) is -0.0263. The summed E-state index contributed by atoms with van der Waals surface area (Å²) in [4.78, 5) is 12.1. The third-order valence-corrected chi connectivity index (χ3v) is 4.05. The molecular weight excluding hydrogens is 260 g/mol. The van der Waals surface area contributed by atoms with Gasteiger partial charge in [0.2, 0.25) is 0 Å². The number of rotatable bonds is 4. The fraction of sp³-hybridized carbons (Fsp3) is 0.267. The van der Waals surface area contributed by atoms with Crippen LogP contribution in [0, 0.1) is 20.8 Å². The summed E-state index contributed by atoms with van der Waals surface area (Å²) in [6, 6.07) is 7.54. The van der Waals surface area contributed by atoms with Gasteiger partial charge in [-0.15, -0.1) is 11.3 Å². The van der Waals surface area contributed by atoms with E-state index >= 15 is 0 Å². The molecule has 0 aliphatic carbocycles. The average Bonchev–Trinajstić information content (AvgIpc) is 2.81. The number of carboxylic acid groups (broad SMARTS) is 1. The van der Waals surface area contributed by atoms with Gasteiger partial charge < -0.3 is 9.84 Å². The minimum absolute atomic E-state index is 0.343. The molecule has 0 radical (unpaired) electrons. The quantitative estimate of drug-likeness (QED) is 0.919.